The second kappa shape index (κ2) is 5.23. The number of likely N-dealkylation sites (tertiary alicyclic amines) is 1. The third kappa shape index (κ3) is 3.49. The molecule has 106 valence electrons. The Hall–Kier alpha value is -1.52. The van der Waals surface area contributed by atoms with Crippen molar-refractivity contribution in [3.05, 3.63) is 17.5 Å². The highest BCUT2D eigenvalue weighted by Gasteiger charge is 2.29. The Morgan fingerprint density at radius 1 is 1.53 bits per heavy atom. The largest absolute Gasteiger partial charge is 0.444 e. The van der Waals surface area contributed by atoms with Crippen molar-refractivity contribution in [3.8, 4) is 0 Å². The van der Waals surface area contributed by atoms with E-state index < -0.39 is 5.60 Å². The van der Waals surface area contributed by atoms with Crippen molar-refractivity contribution in [3.63, 3.8) is 0 Å². The molecule has 2 rings (SSSR count). The minimum absolute atomic E-state index is 0.214. The van der Waals surface area contributed by atoms with Crippen molar-refractivity contribution in [2.24, 2.45) is 0 Å². The SMILES string of the molecule is Cc1cn[nH]c1[C@H]1CCCN(C(=O)OC(C)(C)C)C1. The average Bonchev–Trinajstić information content (AvgIpc) is 2.73. The molecule has 1 N–H and O–H groups in total. The van der Waals surface area contributed by atoms with Crippen molar-refractivity contribution < 1.29 is 9.53 Å². The summed E-state index contributed by atoms with van der Waals surface area (Å²) in [7, 11) is 0. The van der Waals surface area contributed by atoms with Crippen LogP contribution in [0.4, 0.5) is 4.79 Å². The highest BCUT2D eigenvalue weighted by atomic mass is 16.6. The van der Waals surface area contributed by atoms with Crippen LogP contribution in [-0.2, 0) is 4.74 Å². The summed E-state index contributed by atoms with van der Waals surface area (Å²) in [5.74, 6) is 0.337. The van der Waals surface area contributed by atoms with Crippen LogP contribution in [0.2, 0.25) is 0 Å². The van der Waals surface area contributed by atoms with Crippen molar-refractivity contribution >= 4 is 6.09 Å². The van der Waals surface area contributed by atoms with Gasteiger partial charge in [0.2, 0.25) is 0 Å². The van der Waals surface area contributed by atoms with E-state index in [9.17, 15) is 4.79 Å². The van der Waals surface area contributed by atoms with E-state index in [4.69, 9.17) is 4.74 Å². The first-order chi connectivity index (χ1) is 8.87. The fraction of sp³-hybridized carbons (Fsp3) is 0.714. The Bertz CT molecular complexity index is 448. The van der Waals surface area contributed by atoms with Crippen LogP contribution in [0, 0.1) is 6.92 Å². The Morgan fingerprint density at radius 2 is 2.26 bits per heavy atom. The van der Waals surface area contributed by atoms with Crippen molar-refractivity contribution in [1.82, 2.24) is 15.1 Å². The van der Waals surface area contributed by atoms with Gasteiger partial charge in [0.15, 0.2) is 0 Å². The predicted molar refractivity (Wildman–Crippen MR) is 73.1 cm³/mol. The van der Waals surface area contributed by atoms with Crippen LogP contribution in [-0.4, -0.2) is 39.9 Å². The van der Waals surface area contributed by atoms with Crippen LogP contribution < -0.4 is 0 Å². The number of carbonyl (C=O) groups is 1. The molecule has 0 unspecified atom stereocenters. The van der Waals surface area contributed by atoms with Crippen LogP contribution >= 0.6 is 0 Å². The van der Waals surface area contributed by atoms with Gasteiger partial charge >= 0.3 is 6.09 Å². The number of piperidine rings is 1. The van der Waals surface area contributed by atoms with Gasteiger partial charge in [0, 0.05) is 24.7 Å². The molecule has 0 aromatic carbocycles. The van der Waals surface area contributed by atoms with E-state index >= 15 is 0 Å². The third-order valence-corrected chi connectivity index (χ3v) is 3.35. The number of nitrogens with one attached hydrogen (secondary N) is 1. The zero-order valence-corrected chi connectivity index (χ0v) is 12.2. The highest BCUT2D eigenvalue weighted by Crippen LogP contribution is 2.28. The monoisotopic (exact) mass is 265 g/mol. The van der Waals surface area contributed by atoms with Crippen molar-refractivity contribution in [2.75, 3.05) is 13.1 Å². The molecule has 2 heterocycles. The zero-order chi connectivity index (χ0) is 14.0. The first kappa shape index (κ1) is 13.9. The molecule has 0 spiro atoms. The lowest BCUT2D eigenvalue weighted by atomic mass is 9.93. The number of nitrogens with zero attached hydrogens (tertiary/aromatic N) is 2. The maximum absolute atomic E-state index is 12.1. The predicted octanol–water partition coefficient (Wildman–Crippen LogP) is 2.83. The summed E-state index contributed by atoms with van der Waals surface area (Å²) in [5, 5.41) is 7.12. The summed E-state index contributed by atoms with van der Waals surface area (Å²) < 4.78 is 5.43. The lowest BCUT2D eigenvalue weighted by Crippen LogP contribution is -2.42. The summed E-state index contributed by atoms with van der Waals surface area (Å²) in [6.07, 6.45) is 3.71. The van der Waals surface area contributed by atoms with E-state index in [1.807, 2.05) is 33.9 Å². The second-order valence-corrected chi connectivity index (χ2v) is 6.23. The molecule has 19 heavy (non-hydrogen) atoms. The number of aromatic nitrogens is 2. The molecule has 5 heteroatoms. The van der Waals surface area contributed by atoms with Gasteiger partial charge in [-0.05, 0) is 46.1 Å². The van der Waals surface area contributed by atoms with Gasteiger partial charge in [0.1, 0.15) is 5.60 Å². The molecular weight excluding hydrogens is 242 g/mol. The number of carbonyl (C=O) groups excluding carboxylic acids is 1. The van der Waals surface area contributed by atoms with Gasteiger partial charge < -0.3 is 9.64 Å². The molecule has 0 bridgehead atoms. The first-order valence-electron chi connectivity index (χ1n) is 6.84. The molecule has 1 saturated heterocycles. The fourth-order valence-electron chi connectivity index (χ4n) is 2.47. The van der Waals surface area contributed by atoms with E-state index in [-0.39, 0.29) is 6.09 Å². The van der Waals surface area contributed by atoms with Crippen LogP contribution in [0.3, 0.4) is 0 Å². The maximum Gasteiger partial charge on any atom is 0.410 e. The number of aromatic amines is 1. The Kier molecular flexibility index (Phi) is 3.83. The quantitative estimate of drug-likeness (QED) is 0.849. The van der Waals surface area contributed by atoms with Crippen LogP contribution in [0.25, 0.3) is 0 Å². The first-order valence-corrected chi connectivity index (χ1v) is 6.84. The van der Waals surface area contributed by atoms with Gasteiger partial charge in [0.05, 0.1) is 6.20 Å². The highest BCUT2D eigenvalue weighted by molar-refractivity contribution is 5.68. The number of hydrogen-bond donors (Lipinski definition) is 1. The molecular formula is C14H23N3O2. The Morgan fingerprint density at radius 3 is 2.84 bits per heavy atom. The third-order valence-electron chi connectivity index (χ3n) is 3.35. The van der Waals surface area contributed by atoms with Crippen LogP contribution in [0.5, 0.6) is 0 Å². The van der Waals surface area contributed by atoms with Gasteiger partial charge in [-0.1, -0.05) is 0 Å². The minimum atomic E-state index is -0.437. The second-order valence-electron chi connectivity index (χ2n) is 6.23. The normalized spacial score (nSPS) is 20.4. The van der Waals surface area contributed by atoms with Crippen LogP contribution in [0.1, 0.15) is 50.8 Å². The molecule has 0 radical (unpaired) electrons. The molecule has 1 atom stereocenters. The van der Waals surface area contributed by atoms with Gasteiger partial charge in [-0.15, -0.1) is 0 Å². The van der Waals surface area contributed by atoms with Gasteiger partial charge in [0.25, 0.3) is 0 Å². The molecule has 1 aliphatic rings. The summed E-state index contributed by atoms with van der Waals surface area (Å²) >= 11 is 0. The lowest BCUT2D eigenvalue weighted by Gasteiger charge is -2.34. The number of H-pyrrole nitrogens is 1. The molecule has 1 aliphatic heterocycles. The van der Waals surface area contributed by atoms with Gasteiger partial charge in [-0.25, -0.2) is 4.79 Å². The van der Waals surface area contributed by atoms with E-state index in [2.05, 4.69) is 10.2 Å². The fourth-order valence-corrected chi connectivity index (χ4v) is 2.47. The standard InChI is InChI=1S/C14H23N3O2/c1-10-8-15-16-12(10)11-6-5-7-17(9-11)13(18)19-14(2,3)4/h8,11H,5-7,9H2,1-4H3,(H,15,16)/t11-/m0/s1. The molecule has 1 aromatic rings. The molecule has 0 saturated carbocycles. The van der Waals surface area contributed by atoms with E-state index in [0.29, 0.717) is 12.5 Å². The lowest BCUT2D eigenvalue weighted by molar-refractivity contribution is 0.0197. The molecule has 1 fully saturated rings. The van der Waals surface area contributed by atoms with Crippen molar-refractivity contribution in [2.45, 2.75) is 52.1 Å². The van der Waals surface area contributed by atoms with E-state index in [1.165, 1.54) is 0 Å². The number of ether oxygens (including phenoxy) is 1. The van der Waals surface area contributed by atoms with Gasteiger partial charge in [-0.2, -0.15) is 5.10 Å². The summed E-state index contributed by atoms with van der Waals surface area (Å²) in [6, 6.07) is 0. The minimum Gasteiger partial charge on any atom is -0.444 e. The molecule has 1 amide bonds. The number of hydrogen-bond acceptors (Lipinski definition) is 3. The molecule has 1 aromatic heterocycles. The zero-order valence-electron chi connectivity index (χ0n) is 12.2. The summed E-state index contributed by atoms with van der Waals surface area (Å²) in [5.41, 5.74) is 1.87. The van der Waals surface area contributed by atoms with E-state index in [1.54, 1.807) is 4.90 Å². The smallest absolute Gasteiger partial charge is 0.410 e. The van der Waals surface area contributed by atoms with Gasteiger partial charge in [-0.3, -0.25) is 5.10 Å². The van der Waals surface area contributed by atoms with E-state index in [0.717, 1.165) is 30.6 Å². The molecule has 5 nitrogen and oxygen atoms in total. The number of amides is 1. The maximum atomic E-state index is 12.1. The topological polar surface area (TPSA) is 58.2 Å². The average molecular weight is 265 g/mol. The number of aryl methyl sites for hydroxylation is 1. The van der Waals surface area contributed by atoms with Crippen molar-refractivity contribution in [1.29, 1.82) is 0 Å². The summed E-state index contributed by atoms with van der Waals surface area (Å²) in [4.78, 5) is 13.9. The number of rotatable bonds is 1. The van der Waals surface area contributed by atoms with Crippen LogP contribution in [0.15, 0.2) is 6.20 Å². The Balaban J connectivity index is 2.01. The summed E-state index contributed by atoms with van der Waals surface area (Å²) in [6.45, 7) is 9.21. The Labute approximate surface area is 114 Å². The molecule has 0 aliphatic carbocycles.